The Labute approximate surface area is 212 Å². The molecule has 11 heteroatoms. The first-order valence-electron chi connectivity index (χ1n) is 12.9. The highest BCUT2D eigenvalue weighted by atomic mass is 32.2. The van der Waals surface area contributed by atoms with Gasteiger partial charge in [0.25, 0.3) is 0 Å². The number of amides is 2. The summed E-state index contributed by atoms with van der Waals surface area (Å²) >= 11 is 0. The number of piperazine rings is 1. The molecule has 0 bridgehead atoms. The molecule has 3 atom stereocenters. The molecule has 2 fully saturated rings. The number of likely N-dealkylation sites (tertiary alicyclic amines) is 1. The normalized spacial score (nSPS) is 22.1. The fraction of sp³-hybridized carbons (Fsp3) is 0.680. The Kier molecular flexibility index (Phi) is 10.2. The smallest absolute Gasteiger partial charge is 0.225 e. The van der Waals surface area contributed by atoms with Crippen molar-refractivity contribution in [3.8, 4) is 0 Å². The van der Waals surface area contributed by atoms with Crippen molar-refractivity contribution in [3.63, 3.8) is 0 Å². The lowest BCUT2D eigenvalue weighted by Gasteiger charge is -2.35. The lowest BCUT2D eigenvalue weighted by atomic mass is 9.97. The van der Waals surface area contributed by atoms with Crippen molar-refractivity contribution in [2.75, 3.05) is 38.5 Å². The van der Waals surface area contributed by atoms with Crippen molar-refractivity contribution in [1.82, 2.24) is 19.8 Å². The van der Waals surface area contributed by atoms with Gasteiger partial charge in [0.1, 0.15) is 11.6 Å². The Morgan fingerprint density at radius 3 is 2.56 bits per heavy atom. The van der Waals surface area contributed by atoms with Crippen LogP contribution in [0.1, 0.15) is 51.5 Å². The van der Waals surface area contributed by atoms with Gasteiger partial charge in [-0.2, -0.15) is 4.31 Å². The fourth-order valence-corrected chi connectivity index (χ4v) is 6.53. The lowest BCUT2D eigenvalue weighted by Crippen LogP contribution is -2.55. The number of carbonyl (C=O) groups excluding carboxylic acids is 2. The van der Waals surface area contributed by atoms with Gasteiger partial charge in [-0.1, -0.05) is 20.3 Å². The molecule has 2 saturated heterocycles. The third-order valence-electron chi connectivity index (χ3n) is 6.76. The number of hydrogen-bond acceptors (Lipinski definition) is 5. The molecule has 202 valence electrons. The number of nitrogens with one attached hydrogen (secondary N) is 2. The summed E-state index contributed by atoms with van der Waals surface area (Å²) in [4.78, 5) is 27.2. The third kappa shape index (κ3) is 7.94. The minimum absolute atomic E-state index is 0.0435. The van der Waals surface area contributed by atoms with Gasteiger partial charge in [-0.3, -0.25) is 9.59 Å². The zero-order chi connectivity index (χ0) is 26.3. The van der Waals surface area contributed by atoms with Gasteiger partial charge in [0.2, 0.25) is 21.8 Å². The van der Waals surface area contributed by atoms with Crippen LogP contribution in [0.3, 0.4) is 0 Å². The van der Waals surface area contributed by atoms with Gasteiger partial charge in [0, 0.05) is 57.3 Å². The summed E-state index contributed by atoms with van der Waals surface area (Å²) in [7, 11) is -3.36. The van der Waals surface area contributed by atoms with E-state index < -0.39 is 33.6 Å². The SMILES string of the molecule is CCCCN1CC(C(=O)NC(Cc2cc(F)cc(F)c2)C[C@H]2CN(S(=O)(=O)CCC)CCN2)CC1=O. The highest BCUT2D eigenvalue weighted by Gasteiger charge is 2.35. The van der Waals surface area contributed by atoms with E-state index in [4.69, 9.17) is 0 Å². The van der Waals surface area contributed by atoms with E-state index >= 15 is 0 Å². The van der Waals surface area contributed by atoms with E-state index in [0.29, 0.717) is 44.6 Å². The largest absolute Gasteiger partial charge is 0.353 e. The number of sulfonamides is 1. The number of benzene rings is 1. The molecular formula is C25H38F2N4O4S. The lowest BCUT2D eigenvalue weighted by molar-refractivity contribution is -0.129. The molecule has 1 aromatic rings. The van der Waals surface area contributed by atoms with Crippen molar-refractivity contribution < 1.29 is 26.8 Å². The molecule has 2 N–H and O–H groups in total. The van der Waals surface area contributed by atoms with Crippen molar-refractivity contribution in [2.24, 2.45) is 5.92 Å². The predicted octanol–water partition coefficient (Wildman–Crippen LogP) is 2.04. The third-order valence-corrected chi connectivity index (χ3v) is 8.80. The van der Waals surface area contributed by atoms with Crippen LogP contribution in [0.5, 0.6) is 0 Å². The summed E-state index contributed by atoms with van der Waals surface area (Å²) in [6, 6.07) is 2.54. The Balaban J connectivity index is 1.71. The minimum atomic E-state index is -3.36. The maximum absolute atomic E-state index is 13.8. The Bertz CT molecular complexity index is 1000. The molecule has 2 amide bonds. The average Bonchev–Trinajstić information content (AvgIpc) is 3.17. The molecule has 36 heavy (non-hydrogen) atoms. The van der Waals surface area contributed by atoms with E-state index in [1.165, 1.54) is 16.4 Å². The van der Waals surface area contributed by atoms with E-state index in [0.717, 1.165) is 18.9 Å². The van der Waals surface area contributed by atoms with Crippen LogP contribution in [-0.2, 0) is 26.0 Å². The van der Waals surface area contributed by atoms with Crippen molar-refractivity contribution in [3.05, 3.63) is 35.4 Å². The summed E-state index contributed by atoms with van der Waals surface area (Å²) < 4.78 is 54.3. The van der Waals surface area contributed by atoms with Crippen LogP contribution in [-0.4, -0.2) is 80.0 Å². The summed E-state index contributed by atoms with van der Waals surface area (Å²) in [5.41, 5.74) is 0.399. The number of carbonyl (C=O) groups is 2. The van der Waals surface area contributed by atoms with Gasteiger partial charge in [0.05, 0.1) is 11.7 Å². The maximum atomic E-state index is 13.8. The van der Waals surface area contributed by atoms with Crippen molar-refractivity contribution in [2.45, 2.75) is 64.5 Å². The second kappa shape index (κ2) is 12.9. The van der Waals surface area contributed by atoms with Crippen LogP contribution >= 0.6 is 0 Å². The average molecular weight is 529 g/mol. The van der Waals surface area contributed by atoms with Crippen LogP contribution < -0.4 is 10.6 Å². The van der Waals surface area contributed by atoms with Crippen LogP contribution in [0, 0.1) is 17.6 Å². The number of halogens is 2. The molecule has 1 aromatic carbocycles. The monoisotopic (exact) mass is 528 g/mol. The van der Waals surface area contributed by atoms with Crippen molar-refractivity contribution in [1.29, 1.82) is 0 Å². The standard InChI is InChI=1S/C25H38F2N4O4S/c1-3-5-7-30-16-19(13-24(30)32)25(33)29-22(12-18-10-20(26)14-21(27)11-18)15-23-17-31(8-6-28-23)36(34,35)9-4-2/h10-11,14,19,22-23,28H,3-9,12-13,15-17H2,1-2H3,(H,29,33)/t19?,22?,23-/m0/s1. The predicted molar refractivity (Wildman–Crippen MR) is 134 cm³/mol. The molecule has 0 spiro atoms. The van der Waals surface area contributed by atoms with Crippen LogP contribution in [0.15, 0.2) is 18.2 Å². The van der Waals surface area contributed by atoms with Gasteiger partial charge in [0.15, 0.2) is 0 Å². The van der Waals surface area contributed by atoms with Crippen LogP contribution in [0.25, 0.3) is 0 Å². The van der Waals surface area contributed by atoms with E-state index in [2.05, 4.69) is 10.6 Å². The Morgan fingerprint density at radius 1 is 1.17 bits per heavy atom. The molecule has 3 rings (SSSR count). The van der Waals surface area contributed by atoms with Crippen molar-refractivity contribution >= 4 is 21.8 Å². The first-order chi connectivity index (χ1) is 17.1. The summed E-state index contributed by atoms with van der Waals surface area (Å²) in [5.74, 6) is -2.12. The van der Waals surface area contributed by atoms with Crippen LogP contribution in [0.4, 0.5) is 8.78 Å². The quantitative estimate of drug-likeness (QED) is 0.433. The summed E-state index contributed by atoms with van der Waals surface area (Å²) in [6.45, 7) is 5.96. The first-order valence-corrected chi connectivity index (χ1v) is 14.5. The number of nitrogens with zero attached hydrogens (tertiary/aromatic N) is 2. The highest BCUT2D eigenvalue weighted by Crippen LogP contribution is 2.21. The molecule has 0 aliphatic carbocycles. The van der Waals surface area contributed by atoms with E-state index in [9.17, 15) is 26.8 Å². The van der Waals surface area contributed by atoms with E-state index in [1.54, 1.807) is 4.90 Å². The minimum Gasteiger partial charge on any atom is -0.353 e. The Morgan fingerprint density at radius 2 is 1.89 bits per heavy atom. The van der Waals surface area contributed by atoms with Gasteiger partial charge < -0.3 is 15.5 Å². The first kappa shape index (κ1) is 28.5. The zero-order valence-electron chi connectivity index (χ0n) is 21.1. The molecule has 2 heterocycles. The zero-order valence-corrected chi connectivity index (χ0v) is 22.0. The maximum Gasteiger partial charge on any atom is 0.225 e. The topological polar surface area (TPSA) is 98.8 Å². The molecule has 0 radical (unpaired) electrons. The second-order valence-electron chi connectivity index (χ2n) is 9.84. The molecule has 2 aliphatic rings. The number of rotatable bonds is 12. The summed E-state index contributed by atoms with van der Waals surface area (Å²) in [5, 5.41) is 6.31. The van der Waals surface area contributed by atoms with Gasteiger partial charge in [-0.05, 0) is 43.4 Å². The molecule has 2 aliphatic heterocycles. The second-order valence-corrected chi connectivity index (χ2v) is 11.9. The van der Waals surface area contributed by atoms with Gasteiger partial charge >= 0.3 is 0 Å². The molecule has 0 saturated carbocycles. The molecular weight excluding hydrogens is 490 g/mol. The van der Waals surface area contributed by atoms with Crippen LogP contribution in [0.2, 0.25) is 0 Å². The molecule has 0 aromatic heterocycles. The highest BCUT2D eigenvalue weighted by molar-refractivity contribution is 7.89. The van der Waals surface area contributed by atoms with E-state index in [-0.39, 0.29) is 43.0 Å². The van der Waals surface area contributed by atoms with Gasteiger partial charge in [-0.25, -0.2) is 17.2 Å². The fourth-order valence-electron chi connectivity index (χ4n) is 4.97. The molecule has 8 nitrogen and oxygen atoms in total. The number of unbranched alkanes of at least 4 members (excludes halogenated alkanes) is 1. The number of hydrogen-bond donors (Lipinski definition) is 2. The van der Waals surface area contributed by atoms with E-state index in [1.807, 2.05) is 13.8 Å². The Hall–Kier alpha value is -2.11. The summed E-state index contributed by atoms with van der Waals surface area (Å²) in [6.07, 6.45) is 3.05. The van der Waals surface area contributed by atoms with Gasteiger partial charge in [-0.15, -0.1) is 0 Å². The molecule has 2 unspecified atom stereocenters.